The molecule has 2 aromatic heterocycles. The first-order chi connectivity index (χ1) is 11.6. The van der Waals surface area contributed by atoms with Gasteiger partial charge in [-0.1, -0.05) is 11.3 Å². The molecule has 0 aliphatic heterocycles. The number of carbonyl (C=O) groups excluding carboxylic acids is 1. The summed E-state index contributed by atoms with van der Waals surface area (Å²) in [7, 11) is 3.01. The molecule has 3 aromatic rings. The maximum atomic E-state index is 12.6. The second-order valence-electron chi connectivity index (χ2n) is 4.53. The van der Waals surface area contributed by atoms with Gasteiger partial charge >= 0.3 is 0 Å². The van der Waals surface area contributed by atoms with Crippen LogP contribution in [0.25, 0.3) is 10.8 Å². The summed E-state index contributed by atoms with van der Waals surface area (Å²) in [4.78, 5) is 12.6. The first kappa shape index (κ1) is 16.5. The number of ether oxygens (including phenoxy) is 2. The van der Waals surface area contributed by atoms with Crippen LogP contribution < -0.4 is 14.8 Å². The molecular formula is C15H12BrN3O4S. The summed E-state index contributed by atoms with van der Waals surface area (Å²) in [5.41, 5.74) is 0.318. The zero-order valence-corrected chi connectivity index (χ0v) is 15.1. The highest BCUT2D eigenvalue weighted by molar-refractivity contribution is 9.10. The van der Waals surface area contributed by atoms with Crippen LogP contribution in [0.3, 0.4) is 0 Å². The number of aromatic nitrogens is 2. The Balaban J connectivity index is 1.86. The fourth-order valence-corrected chi connectivity index (χ4v) is 3.31. The molecule has 0 radical (unpaired) electrons. The lowest BCUT2D eigenvalue weighted by molar-refractivity contribution is 0.102. The van der Waals surface area contributed by atoms with Gasteiger partial charge in [-0.3, -0.25) is 10.1 Å². The van der Waals surface area contributed by atoms with Crippen molar-refractivity contribution in [3.8, 4) is 22.3 Å². The van der Waals surface area contributed by atoms with Crippen LogP contribution in [0.15, 0.2) is 39.4 Å². The van der Waals surface area contributed by atoms with Gasteiger partial charge in [0.2, 0.25) is 5.13 Å². The molecule has 124 valence electrons. The largest absolute Gasteiger partial charge is 0.497 e. The number of furan rings is 1. The number of benzene rings is 1. The lowest BCUT2D eigenvalue weighted by Gasteiger charge is -2.11. The maximum absolute atomic E-state index is 12.6. The van der Waals surface area contributed by atoms with Gasteiger partial charge in [-0.2, -0.15) is 0 Å². The highest BCUT2D eigenvalue weighted by Gasteiger charge is 2.19. The van der Waals surface area contributed by atoms with Crippen LogP contribution in [0.2, 0.25) is 0 Å². The second kappa shape index (κ2) is 7.02. The number of rotatable bonds is 5. The highest BCUT2D eigenvalue weighted by Crippen LogP contribution is 2.34. The Morgan fingerprint density at radius 3 is 2.79 bits per heavy atom. The summed E-state index contributed by atoms with van der Waals surface area (Å²) < 4.78 is 16.3. The van der Waals surface area contributed by atoms with Gasteiger partial charge in [-0.15, -0.1) is 10.2 Å². The third-order valence-electron chi connectivity index (χ3n) is 3.08. The number of nitrogens with one attached hydrogen (secondary N) is 1. The van der Waals surface area contributed by atoms with Crippen molar-refractivity contribution >= 4 is 38.3 Å². The van der Waals surface area contributed by atoms with Crippen LogP contribution in [0.5, 0.6) is 11.5 Å². The summed E-state index contributed by atoms with van der Waals surface area (Å²) >= 11 is 4.57. The molecule has 2 heterocycles. The third kappa shape index (κ3) is 3.26. The predicted octanol–water partition coefficient (Wildman–Crippen LogP) is 3.83. The van der Waals surface area contributed by atoms with E-state index < -0.39 is 0 Å². The fourth-order valence-electron chi connectivity index (χ4n) is 2.00. The minimum absolute atomic E-state index is 0.318. The summed E-state index contributed by atoms with van der Waals surface area (Å²) in [6, 6.07) is 6.84. The number of hydrogen-bond donors (Lipinski definition) is 1. The predicted molar refractivity (Wildman–Crippen MR) is 92.8 cm³/mol. The Hall–Kier alpha value is -2.39. The van der Waals surface area contributed by atoms with E-state index in [0.29, 0.717) is 37.4 Å². The molecular weight excluding hydrogens is 398 g/mol. The van der Waals surface area contributed by atoms with E-state index in [1.54, 1.807) is 30.5 Å². The standard InChI is InChI=1S/C15H12BrN3O4S/c1-21-8-6-9(12(22-2)10(16)7-8)13(20)17-15-19-18-14(24-15)11-4-3-5-23-11/h3-7H,1-2H3,(H,17,19,20). The second-order valence-corrected chi connectivity index (χ2v) is 6.37. The molecule has 0 saturated carbocycles. The van der Waals surface area contributed by atoms with E-state index in [4.69, 9.17) is 13.9 Å². The van der Waals surface area contributed by atoms with Gasteiger partial charge in [0.25, 0.3) is 5.91 Å². The van der Waals surface area contributed by atoms with Crippen LogP contribution in [-0.4, -0.2) is 30.3 Å². The first-order valence-electron chi connectivity index (χ1n) is 6.72. The lowest BCUT2D eigenvalue weighted by Crippen LogP contribution is -2.13. The number of anilines is 1. The van der Waals surface area contributed by atoms with E-state index >= 15 is 0 Å². The Morgan fingerprint density at radius 2 is 2.12 bits per heavy atom. The molecule has 0 saturated heterocycles. The van der Waals surface area contributed by atoms with E-state index in [-0.39, 0.29) is 5.91 Å². The van der Waals surface area contributed by atoms with Gasteiger partial charge in [-0.05, 0) is 40.2 Å². The molecule has 1 aromatic carbocycles. The van der Waals surface area contributed by atoms with Gasteiger partial charge in [0.15, 0.2) is 10.8 Å². The monoisotopic (exact) mass is 409 g/mol. The summed E-state index contributed by atoms with van der Waals surface area (Å²) in [6.45, 7) is 0. The Morgan fingerprint density at radius 1 is 1.29 bits per heavy atom. The van der Waals surface area contributed by atoms with Crippen LogP contribution in [0, 0.1) is 0 Å². The number of carbonyl (C=O) groups is 1. The van der Waals surface area contributed by atoms with Gasteiger partial charge in [0.1, 0.15) is 11.5 Å². The van der Waals surface area contributed by atoms with Crippen molar-refractivity contribution in [3.63, 3.8) is 0 Å². The molecule has 0 aliphatic carbocycles. The van der Waals surface area contributed by atoms with Crippen molar-refractivity contribution in [3.05, 3.63) is 40.6 Å². The molecule has 0 atom stereocenters. The topological polar surface area (TPSA) is 86.5 Å². The van der Waals surface area contributed by atoms with Crippen molar-refractivity contribution in [2.75, 3.05) is 19.5 Å². The van der Waals surface area contributed by atoms with Gasteiger partial charge in [-0.25, -0.2) is 0 Å². The van der Waals surface area contributed by atoms with Crippen molar-refractivity contribution < 1.29 is 18.7 Å². The third-order valence-corrected chi connectivity index (χ3v) is 4.52. The molecule has 0 aliphatic rings. The first-order valence-corrected chi connectivity index (χ1v) is 8.33. The zero-order valence-electron chi connectivity index (χ0n) is 12.7. The smallest absolute Gasteiger partial charge is 0.261 e. The molecule has 9 heteroatoms. The van der Waals surface area contributed by atoms with Crippen LogP contribution in [0.1, 0.15) is 10.4 Å². The summed E-state index contributed by atoms with van der Waals surface area (Å²) in [5, 5.41) is 11.6. The lowest BCUT2D eigenvalue weighted by atomic mass is 10.1. The minimum Gasteiger partial charge on any atom is -0.497 e. The van der Waals surface area contributed by atoms with E-state index in [2.05, 4.69) is 31.4 Å². The van der Waals surface area contributed by atoms with Crippen LogP contribution in [0.4, 0.5) is 5.13 Å². The van der Waals surface area contributed by atoms with Gasteiger partial charge < -0.3 is 13.9 Å². The molecule has 1 N–H and O–H groups in total. The normalized spacial score (nSPS) is 10.5. The van der Waals surface area contributed by atoms with Crippen LogP contribution in [-0.2, 0) is 0 Å². The molecule has 0 spiro atoms. The Kier molecular flexibility index (Phi) is 4.81. The van der Waals surface area contributed by atoms with E-state index in [9.17, 15) is 4.79 Å². The van der Waals surface area contributed by atoms with Gasteiger partial charge in [0.05, 0.1) is 30.5 Å². The van der Waals surface area contributed by atoms with E-state index in [0.717, 1.165) is 0 Å². The number of halogens is 1. The fraction of sp³-hybridized carbons (Fsp3) is 0.133. The SMILES string of the molecule is COc1cc(Br)c(OC)c(C(=O)Nc2nnc(-c3ccco3)s2)c1. The minimum atomic E-state index is -0.381. The highest BCUT2D eigenvalue weighted by atomic mass is 79.9. The van der Waals surface area contributed by atoms with E-state index in [1.807, 2.05) is 0 Å². The summed E-state index contributed by atoms with van der Waals surface area (Å²) in [5.74, 6) is 1.15. The quantitative estimate of drug-likeness (QED) is 0.688. The number of amides is 1. The van der Waals surface area contributed by atoms with Crippen molar-refractivity contribution in [2.45, 2.75) is 0 Å². The molecule has 0 fully saturated rings. The number of methoxy groups -OCH3 is 2. The maximum Gasteiger partial charge on any atom is 0.261 e. The average molecular weight is 410 g/mol. The molecule has 7 nitrogen and oxygen atoms in total. The molecule has 1 amide bonds. The Labute approximate surface area is 149 Å². The van der Waals surface area contributed by atoms with E-state index in [1.165, 1.54) is 25.6 Å². The van der Waals surface area contributed by atoms with Crippen molar-refractivity contribution in [1.82, 2.24) is 10.2 Å². The molecule has 0 unspecified atom stereocenters. The number of nitrogens with zero attached hydrogens (tertiary/aromatic N) is 2. The average Bonchev–Trinajstić information content (AvgIpc) is 3.25. The summed E-state index contributed by atoms with van der Waals surface area (Å²) in [6.07, 6.45) is 1.55. The molecule has 0 bridgehead atoms. The van der Waals surface area contributed by atoms with Crippen molar-refractivity contribution in [1.29, 1.82) is 0 Å². The van der Waals surface area contributed by atoms with Gasteiger partial charge in [0, 0.05) is 0 Å². The Bertz CT molecular complexity index is 864. The zero-order chi connectivity index (χ0) is 17.1. The van der Waals surface area contributed by atoms with Crippen LogP contribution >= 0.6 is 27.3 Å². The number of hydrogen-bond acceptors (Lipinski definition) is 7. The van der Waals surface area contributed by atoms with Crippen molar-refractivity contribution in [2.24, 2.45) is 0 Å². The molecule has 24 heavy (non-hydrogen) atoms. The molecule has 3 rings (SSSR count).